The van der Waals surface area contributed by atoms with Crippen LogP contribution in [0.15, 0.2) is 24.4 Å². The summed E-state index contributed by atoms with van der Waals surface area (Å²) in [4.78, 5) is 2.45. The Morgan fingerprint density at radius 3 is 3.04 bits per heavy atom. The number of nitrogens with zero attached hydrogens (tertiary/aromatic N) is 3. The number of hydrogen-bond acceptors (Lipinski definition) is 5. The quantitative estimate of drug-likeness (QED) is 0.842. The van der Waals surface area contributed by atoms with Gasteiger partial charge in [0.1, 0.15) is 0 Å². The Hall–Kier alpha value is -2.05. The Morgan fingerprint density at radius 2 is 2.17 bits per heavy atom. The standard InChI is InChI=1S/C18H23N3O3/c1-3-22-11-14-9-21(10-16-15(14)7-19-20(16)2)8-13-4-5-17-18(6-13)24-12-23-17/h4-7,14H,3,8-12H2,1-2H3/t14-/m0/s1. The highest BCUT2D eigenvalue weighted by Gasteiger charge is 2.28. The molecule has 0 bridgehead atoms. The molecule has 6 heteroatoms. The fourth-order valence-electron chi connectivity index (χ4n) is 3.52. The highest BCUT2D eigenvalue weighted by molar-refractivity contribution is 5.44. The molecule has 0 unspecified atom stereocenters. The Labute approximate surface area is 141 Å². The smallest absolute Gasteiger partial charge is 0.231 e. The van der Waals surface area contributed by atoms with Crippen molar-refractivity contribution in [3.63, 3.8) is 0 Å². The highest BCUT2D eigenvalue weighted by atomic mass is 16.7. The molecule has 0 aliphatic carbocycles. The summed E-state index contributed by atoms with van der Waals surface area (Å²) in [7, 11) is 2.01. The van der Waals surface area contributed by atoms with E-state index in [1.54, 1.807) is 0 Å². The van der Waals surface area contributed by atoms with Gasteiger partial charge < -0.3 is 14.2 Å². The first-order valence-electron chi connectivity index (χ1n) is 8.44. The molecule has 1 aromatic heterocycles. The van der Waals surface area contributed by atoms with Gasteiger partial charge in [-0.2, -0.15) is 5.10 Å². The summed E-state index contributed by atoms with van der Waals surface area (Å²) in [5.41, 5.74) is 3.85. The zero-order valence-electron chi connectivity index (χ0n) is 14.2. The van der Waals surface area contributed by atoms with Crippen LogP contribution in [0.1, 0.15) is 29.7 Å². The van der Waals surface area contributed by atoms with Gasteiger partial charge in [-0.05, 0) is 24.6 Å². The molecule has 0 saturated heterocycles. The van der Waals surface area contributed by atoms with Crippen LogP contribution < -0.4 is 9.47 Å². The molecule has 128 valence electrons. The fourth-order valence-corrected chi connectivity index (χ4v) is 3.52. The molecular formula is C18H23N3O3. The van der Waals surface area contributed by atoms with Crippen LogP contribution in [0.3, 0.4) is 0 Å². The van der Waals surface area contributed by atoms with Crippen molar-refractivity contribution in [1.29, 1.82) is 0 Å². The second kappa shape index (κ2) is 6.45. The van der Waals surface area contributed by atoms with Crippen molar-refractivity contribution in [3.05, 3.63) is 41.2 Å². The predicted octanol–water partition coefficient (Wildman–Crippen LogP) is 2.28. The van der Waals surface area contributed by atoms with Crippen LogP contribution in [0.2, 0.25) is 0 Å². The lowest BCUT2D eigenvalue weighted by Crippen LogP contribution is -2.35. The molecule has 24 heavy (non-hydrogen) atoms. The van der Waals surface area contributed by atoms with Crippen LogP contribution in [0, 0.1) is 0 Å². The minimum Gasteiger partial charge on any atom is -0.454 e. The van der Waals surface area contributed by atoms with Gasteiger partial charge in [0, 0.05) is 44.8 Å². The Balaban J connectivity index is 1.52. The lowest BCUT2D eigenvalue weighted by atomic mass is 9.95. The van der Waals surface area contributed by atoms with Gasteiger partial charge in [-0.1, -0.05) is 6.07 Å². The molecule has 6 nitrogen and oxygen atoms in total. The van der Waals surface area contributed by atoms with Crippen molar-refractivity contribution in [2.75, 3.05) is 26.6 Å². The average Bonchev–Trinajstić information content (AvgIpc) is 3.19. The van der Waals surface area contributed by atoms with E-state index in [1.165, 1.54) is 16.8 Å². The van der Waals surface area contributed by atoms with E-state index in [4.69, 9.17) is 14.2 Å². The van der Waals surface area contributed by atoms with Crippen molar-refractivity contribution in [2.24, 2.45) is 7.05 Å². The van der Waals surface area contributed by atoms with Crippen molar-refractivity contribution >= 4 is 0 Å². The van der Waals surface area contributed by atoms with Gasteiger partial charge in [-0.3, -0.25) is 9.58 Å². The van der Waals surface area contributed by atoms with E-state index in [2.05, 4.69) is 22.1 Å². The van der Waals surface area contributed by atoms with E-state index in [1.807, 2.05) is 30.9 Å². The molecule has 0 spiro atoms. The second-order valence-electron chi connectivity index (χ2n) is 6.38. The van der Waals surface area contributed by atoms with Crippen LogP contribution in [0.25, 0.3) is 0 Å². The zero-order valence-corrected chi connectivity index (χ0v) is 14.2. The lowest BCUT2D eigenvalue weighted by molar-refractivity contribution is 0.104. The highest BCUT2D eigenvalue weighted by Crippen LogP contribution is 2.34. The summed E-state index contributed by atoms with van der Waals surface area (Å²) in [6, 6.07) is 6.19. The predicted molar refractivity (Wildman–Crippen MR) is 89.1 cm³/mol. The van der Waals surface area contributed by atoms with Crippen molar-refractivity contribution in [2.45, 2.75) is 25.9 Å². The van der Waals surface area contributed by atoms with E-state index in [-0.39, 0.29) is 0 Å². The SMILES string of the molecule is CCOC[C@@H]1CN(Cc2ccc3c(c2)OCO3)Cc2c1cnn2C. The van der Waals surface area contributed by atoms with Crippen LogP contribution in [-0.2, 0) is 24.9 Å². The molecular weight excluding hydrogens is 306 g/mol. The van der Waals surface area contributed by atoms with Crippen molar-refractivity contribution in [1.82, 2.24) is 14.7 Å². The molecule has 1 atom stereocenters. The van der Waals surface area contributed by atoms with Gasteiger partial charge in [0.05, 0.1) is 18.5 Å². The molecule has 2 aromatic rings. The van der Waals surface area contributed by atoms with Gasteiger partial charge in [-0.15, -0.1) is 0 Å². The Morgan fingerprint density at radius 1 is 1.29 bits per heavy atom. The zero-order chi connectivity index (χ0) is 16.5. The number of ether oxygens (including phenoxy) is 3. The molecule has 0 N–H and O–H groups in total. The first-order chi connectivity index (χ1) is 11.7. The van der Waals surface area contributed by atoms with E-state index in [0.29, 0.717) is 12.7 Å². The molecule has 1 aromatic carbocycles. The van der Waals surface area contributed by atoms with Crippen LogP contribution in [-0.4, -0.2) is 41.2 Å². The molecule has 0 amide bonds. The molecule has 4 rings (SSSR count). The minimum absolute atomic E-state index is 0.317. The van der Waals surface area contributed by atoms with E-state index < -0.39 is 0 Å². The number of benzene rings is 1. The number of rotatable bonds is 5. The Kier molecular flexibility index (Phi) is 4.16. The largest absolute Gasteiger partial charge is 0.454 e. The molecule has 0 fully saturated rings. The van der Waals surface area contributed by atoms with E-state index >= 15 is 0 Å². The molecule has 2 aliphatic heterocycles. The number of aryl methyl sites for hydroxylation is 1. The number of fused-ring (bicyclic) bond motifs is 2. The molecule has 0 saturated carbocycles. The third kappa shape index (κ3) is 2.87. The topological polar surface area (TPSA) is 48.8 Å². The summed E-state index contributed by atoms with van der Waals surface area (Å²) in [5.74, 6) is 2.05. The number of aromatic nitrogens is 2. The van der Waals surface area contributed by atoms with Crippen molar-refractivity contribution in [3.8, 4) is 11.5 Å². The molecule has 2 aliphatic rings. The summed E-state index contributed by atoms with van der Waals surface area (Å²) in [5, 5.41) is 4.44. The summed E-state index contributed by atoms with van der Waals surface area (Å²) in [6.07, 6.45) is 2.00. The van der Waals surface area contributed by atoms with Gasteiger partial charge >= 0.3 is 0 Å². The van der Waals surface area contributed by atoms with E-state index in [9.17, 15) is 0 Å². The summed E-state index contributed by atoms with van der Waals surface area (Å²) < 4.78 is 18.6. The van der Waals surface area contributed by atoms with Crippen LogP contribution >= 0.6 is 0 Å². The first kappa shape index (κ1) is 15.5. The monoisotopic (exact) mass is 329 g/mol. The van der Waals surface area contributed by atoms with Gasteiger partial charge in [0.2, 0.25) is 6.79 Å². The van der Waals surface area contributed by atoms with Gasteiger partial charge in [0.25, 0.3) is 0 Å². The third-order valence-corrected chi connectivity index (χ3v) is 4.75. The van der Waals surface area contributed by atoms with Gasteiger partial charge in [0.15, 0.2) is 11.5 Å². The summed E-state index contributed by atoms with van der Waals surface area (Å²) >= 11 is 0. The second-order valence-corrected chi connectivity index (χ2v) is 6.38. The van der Waals surface area contributed by atoms with Gasteiger partial charge in [-0.25, -0.2) is 0 Å². The van der Waals surface area contributed by atoms with Crippen LogP contribution in [0.5, 0.6) is 11.5 Å². The van der Waals surface area contributed by atoms with Crippen molar-refractivity contribution < 1.29 is 14.2 Å². The maximum absolute atomic E-state index is 5.70. The maximum Gasteiger partial charge on any atom is 0.231 e. The lowest BCUT2D eigenvalue weighted by Gasteiger charge is -2.33. The Bertz CT molecular complexity index is 728. The fraction of sp³-hybridized carbons (Fsp3) is 0.500. The first-order valence-corrected chi connectivity index (χ1v) is 8.44. The normalized spacial score (nSPS) is 19.5. The summed E-state index contributed by atoms with van der Waals surface area (Å²) in [6.45, 7) is 6.61. The average molecular weight is 329 g/mol. The van der Waals surface area contributed by atoms with Crippen LogP contribution in [0.4, 0.5) is 0 Å². The third-order valence-electron chi connectivity index (χ3n) is 4.75. The molecule has 0 radical (unpaired) electrons. The number of hydrogen-bond donors (Lipinski definition) is 0. The molecule has 3 heterocycles. The maximum atomic E-state index is 5.70. The van der Waals surface area contributed by atoms with E-state index in [0.717, 1.165) is 44.3 Å². The minimum atomic E-state index is 0.317.